The summed E-state index contributed by atoms with van der Waals surface area (Å²) in [6.07, 6.45) is 2.18. The second kappa shape index (κ2) is 10.6. The van der Waals surface area contributed by atoms with Crippen LogP contribution < -0.4 is 15.4 Å². The zero-order valence-corrected chi connectivity index (χ0v) is 17.8. The van der Waals surface area contributed by atoms with E-state index in [2.05, 4.69) is 0 Å². The van der Waals surface area contributed by atoms with E-state index in [4.69, 9.17) is 10.5 Å². The third-order valence-electron chi connectivity index (χ3n) is 5.42. The Balaban J connectivity index is 1.57. The molecule has 0 radical (unpaired) electrons. The minimum absolute atomic E-state index is 0.00404. The summed E-state index contributed by atoms with van der Waals surface area (Å²) in [4.78, 5) is 40.1. The number of anilines is 1. The third kappa shape index (κ3) is 6.07. The summed E-state index contributed by atoms with van der Waals surface area (Å²) < 4.78 is 4.81. The number of hydrogen-bond donors (Lipinski definition) is 1. The fourth-order valence-electron chi connectivity index (χ4n) is 3.91. The number of rotatable bonds is 8. The normalized spacial score (nSPS) is 15.5. The van der Waals surface area contributed by atoms with Crippen molar-refractivity contribution in [2.75, 3.05) is 18.0 Å². The van der Waals surface area contributed by atoms with Crippen molar-refractivity contribution in [3.05, 3.63) is 60.2 Å². The molecule has 0 saturated carbocycles. The molecule has 1 aliphatic rings. The average molecular weight is 424 g/mol. The summed E-state index contributed by atoms with van der Waals surface area (Å²) in [5.74, 6) is 0.560. The van der Waals surface area contributed by atoms with Gasteiger partial charge in [0.1, 0.15) is 5.75 Å². The Morgan fingerprint density at radius 2 is 1.77 bits per heavy atom. The van der Waals surface area contributed by atoms with Crippen LogP contribution in [-0.4, -0.2) is 41.9 Å². The second-order valence-electron chi connectivity index (χ2n) is 7.70. The molecule has 164 valence electrons. The number of nitrogens with two attached hydrogens (primary N) is 1. The molecule has 7 nitrogen and oxygen atoms in total. The van der Waals surface area contributed by atoms with Gasteiger partial charge in [-0.15, -0.1) is 0 Å². The largest absolute Gasteiger partial charge is 0.411 e. The van der Waals surface area contributed by atoms with Crippen molar-refractivity contribution in [2.45, 2.75) is 45.1 Å². The monoisotopic (exact) mass is 423 g/mol. The molecular weight excluding hydrogens is 394 g/mol. The van der Waals surface area contributed by atoms with Gasteiger partial charge in [-0.3, -0.25) is 9.59 Å². The first-order chi connectivity index (χ1) is 15.0. The van der Waals surface area contributed by atoms with Gasteiger partial charge in [0.25, 0.3) is 0 Å². The fraction of sp³-hybridized carbons (Fsp3) is 0.375. The van der Waals surface area contributed by atoms with Gasteiger partial charge in [-0.25, -0.2) is 4.79 Å². The van der Waals surface area contributed by atoms with Crippen LogP contribution in [0.1, 0.15) is 38.2 Å². The number of hydrogen-bond acceptors (Lipinski definition) is 4. The predicted octanol–water partition coefficient (Wildman–Crippen LogP) is 3.51. The summed E-state index contributed by atoms with van der Waals surface area (Å²) in [7, 11) is 0. The van der Waals surface area contributed by atoms with Gasteiger partial charge in [0, 0.05) is 31.6 Å². The average Bonchev–Trinajstić information content (AvgIpc) is 3.23. The Labute approximate surface area is 182 Å². The Hall–Kier alpha value is -3.35. The number of para-hydroxylation sites is 1. The summed E-state index contributed by atoms with van der Waals surface area (Å²) >= 11 is 0. The number of carbonyl (C=O) groups is 3. The summed E-state index contributed by atoms with van der Waals surface area (Å²) in [5, 5.41) is 0. The van der Waals surface area contributed by atoms with E-state index in [0.29, 0.717) is 38.1 Å². The van der Waals surface area contributed by atoms with Gasteiger partial charge in [-0.1, -0.05) is 37.3 Å². The first-order valence-electron chi connectivity index (χ1n) is 10.7. The summed E-state index contributed by atoms with van der Waals surface area (Å²) in [5.41, 5.74) is 6.86. The second-order valence-corrected chi connectivity index (χ2v) is 7.70. The quantitative estimate of drug-likeness (QED) is 0.703. The lowest BCUT2D eigenvalue weighted by atomic mass is 10.1. The lowest BCUT2D eigenvalue weighted by Crippen LogP contribution is -2.43. The molecule has 2 aromatic rings. The molecule has 0 spiro atoms. The van der Waals surface area contributed by atoms with Crippen molar-refractivity contribution >= 4 is 23.6 Å². The van der Waals surface area contributed by atoms with Crippen LogP contribution in [-0.2, 0) is 16.0 Å². The highest BCUT2D eigenvalue weighted by atomic mass is 16.5. The number of nitrogens with zero attached hydrogens (tertiary/aromatic N) is 2. The number of ether oxygens (including phenoxy) is 1. The van der Waals surface area contributed by atoms with Gasteiger partial charge >= 0.3 is 6.09 Å². The van der Waals surface area contributed by atoms with Crippen LogP contribution >= 0.6 is 0 Å². The molecule has 1 fully saturated rings. The van der Waals surface area contributed by atoms with E-state index in [-0.39, 0.29) is 17.9 Å². The SMILES string of the molecule is CCCC(=O)N(c1ccccc1)[C@@H]1CCN(C(=O)CCc2ccc(OC(N)=O)cc2)C1. The molecule has 1 atom stereocenters. The number of amides is 3. The Morgan fingerprint density at radius 3 is 2.42 bits per heavy atom. The lowest BCUT2D eigenvalue weighted by molar-refractivity contribution is -0.130. The Kier molecular flexibility index (Phi) is 7.65. The van der Waals surface area contributed by atoms with E-state index in [0.717, 1.165) is 24.1 Å². The van der Waals surface area contributed by atoms with E-state index < -0.39 is 6.09 Å². The molecule has 3 amide bonds. The van der Waals surface area contributed by atoms with Gasteiger partial charge in [-0.2, -0.15) is 0 Å². The molecule has 0 unspecified atom stereocenters. The van der Waals surface area contributed by atoms with Crippen LogP contribution in [0.25, 0.3) is 0 Å². The number of aryl methyl sites for hydroxylation is 1. The number of benzene rings is 2. The van der Waals surface area contributed by atoms with Crippen molar-refractivity contribution in [2.24, 2.45) is 5.73 Å². The fourth-order valence-corrected chi connectivity index (χ4v) is 3.91. The minimum atomic E-state index is -0.853. The van der Waals surface area contributed by atoms with Crippen molar-refractivity contribution in [3.63, 3.8) is 0 Å². The van der Waals surface area contributed by atoms with Crippen molar-refractivity contribution in [1.82, 2.24) is 4.90 Å². The highest BCUT2D eigenvalue weighted by Gasteiger charge is 2.33. The molecule has 31 heavy (non-hydrogen) atoms. The van der Waals surface area contributed by atoms with Crippen molar-refractivity contribution < 1.29 is 19.1 Å². The zero-order valence-electron chi connectivity index (χ0n) is 17.8. The van der Waals surface area contributed by atoms with Gasteiger partial charge in [-0.05, 0) is 49.1 Å². The molecule has 2 aromatic carbocycles. The standard InChI is InChI=1S/C24H29N3O4/c1-2-6-23(29)27(19-7-4-3-5-8-19)20-15-16-26(17-20)22(28)14-11-18-9-12-21(13-10-18)31-24(25)30/h3-5,7-10,12-13,20H,2,6,11,14-17H2,1H3,(H2,25,30)/t20-/m1/s1. The van der Waals surface area contributed by atoms with E-state index in [9.17, 15) is 14.4 Å². The smallest absolute Gasteiger partial charge is 0.409 e. The highest BCUT2D eigenvalue weighted by molar-refractivity contribution is 5.94. The van der Waals surface area contributed by atoms with Gasteiger partial charge < -0.3 is 20.3 Å². The first kappa shape index (κ1) is 22.3. The topological polar surface area (TPSA) is 92.9 Å². The van der Waals surface area contributed by atoms with E-state index in [1.165, 1.54) is 0 Å². The van der Waals surface area contributed by atoms with Gasteiger partial charge in [0.15, 0.2) is 0 Å². The van der Waals surface area contributed by atoms with Crippen LogP contribution in [0.15, 0.2) is 54.6 Å². The van der Waals surface area contributed by atoms with E-state index in [1.807, 2.05) is 59.2 Å². The molecule has 1 aliphatic heterocycles. The van der Waals surface area contributed by atoms with E-state index >= 15 is 0 Å². The maximum absolute atomic E-state index is 12.8. The van der Waals surface area contributed by atoms with Gasteiger partial charge in [0.2, 0.25) is 11.8 Å². The maximum Gasteiger partial charge on any atom is 0.409 e. The van der Waals surface area contributed by atoms with Crippen LogP contribution in [0.3, 0.4) is 0 Å². The molecule has 1 saturated heterocycles. The maximum atomic E-state index is 12.8. The number of carbonyl (C=O) groups excluding carboxylic acids is 3. The molecule has 0 aliphatic carbocycles. The third-order valence-corrected chi connectivity index (χ3v) is 5.42. The molecule has 0 bridgehead atoms. The molecule has 7 heteroatoms. The summed E-state index contributed by atoms with van der Waals surface area (Å²) in [6, 6.07) is 16.6. The van der Waals surface area contributed by atoms with Gasteiger partial charge in [0.05, 0.1) is 6.04 Å². The molecule has 3 rings (SSSR count). The molecular formula is C24H29N3O4. The van der Waals surface area contributed by atoms with Crippen LogP contribution in [0.4, 0.5) is 10.5 Å². The zero-order chi connectivity index (χ0) is 22.2. The Bertz CT molecular complexity index is 899. The van der Waals surface area contributed by atoms with Crippen LogP contribution in [0.2, 0.25) is 0 Å². The van der Waals surface area contributed by atoms with Crippen LogP contribution in [0.5, 0.6) is 5.75 Å². The molecule has 0 aromatic heterocycles. The summed E-state index contributed by atoms with van der Waals surface area (Å²) in [6.45, 7) is 3.20. The first-order valence-corrected chi connectivity index (χ1v) is 10.7. The lowest BCUT2D eigenvalue weighted by Gasteiger charge is -2.29. The molecule has 1 heterocycles. The van der Waals surface area contributed by atoms with Crippen molar-refractivity contribution in [3.8, 4) is 5.75 Å². The van der Waals surface area contributed by atoms with Crippen LogP contribution in [0, 0.1) is 0 Å². The predicted molar refractivity (Wildman–Crippen MR) is 119 cm³/mol. The van der Waals surface area contributed by atoms with Crippen molar-refractivity contribution in [1.29, 1.82) is 0 Å². The molecule has 2 N–H and O–H groups in total. The number of likely N-dealkylation sites (tertiary alicyclic amines) is 1. The number of primary amides is 1. The Morgan fingerprint density at radius 1 is 1.06 bits per heavy atom. The highest BCUT2D eigenvalue weighted by Crippen LogP contribution is 2.25. The minimum Gasteiger partial charge on any atom is -0.411 e. The van der Waals surface area contributed by atoms with E-state index in [1.54, 1.807) is 12.1 Å².